The summed E-state index contributed by atoms with van der Waals surface area (Å²) in [4.78, 5) is 0. The van der Waals surface area contributed by atoms with Crippen molar-refractivity contribution in [1.29, 1.82) is 10.5 Å². The van der Waals surface area contributed by atoms with Gasteiger partial charge in [-0.25, -0.2) is 0 Å². The van der Waals surface area contributed by atoms with E-state index >= 15 is 0 Å². The van der Waals surface area contributed by atoms with Gasteiger partial charge in [-0.3, -0.25) is 0 Å². The van der Waals surface area contributed by atoms with E-state index in [0.717, 1.165) is 6.08 Å². The van der Waals surface area contributed by atoms with Crippen LogP contribution in [-0.4, -0.2) is 6.18 Å². The summed E-state index contributed by atoms with van der Waals surface area (Å²) >= 11 is 0. The molecule has 0 atom stereocenters. The third-order valence-electron chi connectivity index (χ3n) is 1.35. The molecule has 0 fully saturated rings. The van der Waals surface area contributed by atoms with Crippen LogP contribution in [0.1, 0.15) is 13.3 Å². The van der Waals surface area contributed by atoms with E-state index < -0.39 is 12.6 Å². The minimum atomic E-state index is -4.33. The van der Waals surface area contributed by atoms with Gasteiger partial charge in [-0.1, -0.05) is 6.08 Å². The second-order valence-electron chi connectivity index (χ2n) is 2.44. The molecule has 0 heterocycles. The van der Waals surface area contributed by atoms with Crippen LogP contribution in [0.3, 0.4) is 0 Å². The van der Waals surface area contributed by atoms with Gasteiger partial charge in [-0.2, -0.15) is 23.7 Å². The molecule has 2 nitrogen and oxygen atoms in total. The molecule has 0 N–H and O–H groups in total. The lowest BCUT2D eigenvalue weighted by molar-refractivity contribution is -0.126. The van der Waals surface area contributed by atoms with Gasteiger partial charge >= 0.3 is 6.18 Å². The van der Waals surface area contributed by atoms with E-state index in [1.54, 1.807) is 0 Å². The highest BCUT2D eigenvalue weighted by Crippen LogP contribution is 2.25. The zero-order valence-electron chi connectivity index (χ0n) is 7.39. The molecule has 0 radical (unpaired) electrons. The zero-order chi connectivity index (χ0) is 11.2. The molecule has 0 unspecified atom stereocenters. The third kappa shape index (κ3) is 5.00. The number of allylic oxidation sites excluding steroid dienone is 4. The molecule has 74 valence electrons. The molecule has 0 aromatic carbocycles. The van der Waals surface area contributed by atoms with Gasteiger partial charge < -0.3 is 0 Å². The van der Waals surface area contributed by atoms with Gasteiger partial charge in [0.05, 0.1) is 6.42 Å². The van der Waals surface area contributed by atoms with Crippen molar-refractivity contribution in [1.82, 2.24) is 0 Å². The zero-order valence-corrected chi connectivity index (χ0v) is 7.39. The van der Waals surface area contributed by atoms with E-state index in [9.17, 15) is 13.2 Å². The average Bonchev–Trinajstić information content (AvgIpc) is 2.10. The quantitative estimate of drug-likeness (QED) is 0.508. The Morgan fingerprint density at radius 3 is 2.07 bits per heavy atom. The predicted molar refractivity (Wildman–Crippen MR) is 43.7 cm³/mol. The van der Waals surface area contributed by atoms with Crippen LogP contribution in [0, 0.1) is 22.7 Å². The molecule has 0 aromatic rings. The largest absolute Gasteiger partial charge is 0.393 e. The second kappa shape index (κ2) is 5.08. The molecule has 0 aliphatic heterocycles. The highest BCUT2D eigenvalue weighted by atomic mass is 19.4. The first-order valence-corrected chi connectivity index (χ1v) is 3.66. The first-order chi connectivity index (χ1) is 6.42. The fourth-order valence-corrected chi connectivity index (χ4v) is 0.743. The monoisotopic (exact) mass is 200 g/mol. The summed E-state index contributed by atoms with van der Waals surface area (Å²) in [5.74, 6) is 0. The number of nitrogens with zero attached hydrogens (tertiary/aromatic N) is 2. The normalized spacial score (nSPS) is 11.4. The Labute approximate surface area is 79.6 Å². The van der Waals surface area contributed by atoms with Crippen molar-refractivity contribution < 1.29 is 13.2 Å². The molecule has 0 saturated carbocycles. The fourth-order valence-electron chi connectivity index (χ4n) is 0.743. The van der Waals surface area contributed by atoms with Crippen LogP contribution >= 0.6 is 0 Å². The molecule has 0 aliphatic carbocycles. The van der Waals surface area contributed by atoms with Crippen molar-refractivity contribution >= 4 is 0 Å². The first-order valence-electron chi connectivity index (χ1n) is 3.66. The molecular weight excluding hydrogens is 193 g/mol. The minimum Gasteiger partial charge on any atom is -0.192 e. The lowest BCUT2D eigenvalue weighted by Gasteiger charge is -2.05. The standard InChI is InChI=1S/C9H7F3N2/c1-2-7(4-9(10,11)12)3-8(5-13)6-14/h2-3H,4H2,1H3/b7-2+. The number of nitriles is 2. The highest BCUT2D eigenvalue weighted by molar-refractivity contribution is 5.41. The molecule has 5 heteroatoms. The minimum absolute atomic E-state index is 0.0874. The second-order valence-corrected chi connectivity index (χ2v) is 2.44. The van der Waals surface area contributed by atoms with Crippen molar-refractivity contribution in [2.75, 3.05) is 0 Å². The summed E-state index contributed by atoms with van der Waals surface area (Å²) in [6.45, 7) is 1.42. The van der Waals surface area contributed by atoms with Gasteiger partial charge in [0.25, 0.3) is 0 Å². The summed E-state index contributed by atoms with van der Waals surface area (Å²) in [7, 11) is 0. The van der Waals surface area contributed by atoms with Crippen LogP contribution in [0.25, 0.3) is 0 Å². The maximum absolute atomic E-state index is 11.9. The third-order valence-corrected chi connectivity index (χ3v) is 1.35. The number of alkyl halides is 3. The molecule has 14 heavy (non-hydrogen) atoms. The molecule has 0 rings (SSSR count). The van der Waals surface area contributed by atoms with Gasteiger partial charge in [-0.15, -0.1) is 0 Å². The lowest BCUT2D eigenvalue weighted by Crippen LogP contribution is -2.07. The topological polar surface area (TPSA) is 47.6 Å². The summed E-state index contributed by atoms with van der Waals surface area (Å²) in [5.41, 5.74) is -0.419. The van der Waals surface area contributed by atoms with E-state index in [1.807, 2.05) is 0 Å². The Balaban J connectivity index is 4.75. The van der Waals surface area contributed by atoms with Crippen LogP contribution in [0.5, 0.6) is 0 Å². The van der Waals surface area contributed by atoms with Crippen LogP contribution < -0.4 is 0 Å². The van der Waals surface area contributed by atoms with E-state index in [2.05, 4.69) is 0 Å². The van der Waals surface area contributed by atoms with E-state index in [-0.39, 0.29) is 11.1 Å². The van der Waals surface area contributed by atoms with Crippen molar-refractivity contribution in [2.24, 2.45) is 0 Å². The van der Waals surface area contributed by atoms with Crippen molar-refractivity contribution in [2.45, 2.75) is 19.5 Å². The molecule has 0 aliphatic rings. The smallest absolute Gasteiger partial charge is 0.192 e. The van der Waals surface area contributed by atoms with Gasteiger partial charge in [0, 0.05) is 0 Å². The Morgan fingerprint density at radius 1 is 1.29 bits per heavy atom. The van der Waals surface area contributed by atoms with Crippen LogP contribution in [0.2, 0.25) is 0 Å². The Bertz CT molecular complexity index is 321. The Kier molecular flexibility index (Phi) is 4.45. The van der Waals surface area contributed by atoms with Gasteiger partial charge in [0.15, 0.2) is 0 Å². The van der Waals surface area contributed by atoms with Gasteiger partial charge in [0.2, 0.25) is 0 Å². The van der Waals surface area contributed by atoms with Crippen molar-refractivity contribution in [3.05, 3.63) is 23.3 Å². The van der Waals surface area contributed by atoms with Gasteiger partial charge in [-0.05, 0) is 18.6 Å². The maximum atomic E-state index is 11.9. The molecule has 0 spiro atoms. The summed E-state index contributed by atoms with van der Waals surface area (Å²) in [6, 6.07) is 2.99. The van der Waals surface area contributed by atoms with Crippen LogP contribution in [-0.2, 0) is 0 Å². The summed E-state index contributed by atoms with van der Waals surface area (Å²) in [5, 5.41) is 16.6. The number of hydrogen-bond donors (Lipinski definition) is 0. The fraction of sp³-hybridized carbons (Fsp3) is 0.333. The summed E-state index contributed by atoms with van der Waals surface area (Å²) < 4.78 is 35.7. The predicted octanol–water partition coefficient (Wildman–Crippen LogP) is 2.86. The Morgan fingerprint density at radius 2 is 1.79 bits per heavy atom. The van der Waals surface area contributed by atoms with E-state index in [1.165, 1.54) is 25.1 Å². The molecule has 0 bridgehead atoms. The number of halogens is 3. The number of hydrogen-bond acceptors (Lipinski definition) is 2. The van der Waals surface area contributed by atoms with Gasteiger partial charge in [0.1, 0.15) is 17.7 Å². The van der Waals surface area contributed by atoms with Crippen LogP contribution in [0.15, 0.2) is 23.3 Å². The number of rotatable bonds is 2. The first kappa shape index (κ1) is 12.2. The van der Waals surface area contributed by atoms with Crippen molar-refractivity contribution in [3.8, 4) is 12.1 Å². The maximum Gasteiger partial charge on any atom is 0.393 e. The van der Waals surface area contributed by atoms with E-state index in [0.29, 0.717) is 0 Å². The van der Waals surface area contributed by atoms with Crippen molar-refractivity contribution in [3.63, 3.8) is 0 Å². The van der Waals surface area contributed by atoms with Crippen LogP contribution in [0.4, 0.5) is 13.2 Å². The molecular formula is C9H7F3N2. The van der Waals surface area contributed by atoms with E-state index in [4.69, 9.17) is 10.5 Å². The summed E-state index contributed by atoms with van der Waals surface area (Å²) in [6.07, 6.45) is -3.29. The SMILES string of the molecule is C/C=C(\C=C(C#N)C#N)CC(F)(F)F. The lowest BCUT2D eigenvalue weighted by atomic mass is 10.1. The molecule has 0 saturated heterocycles. The molecule has 0 aromatic heterocycles. The Hall–Kier alpha value is -1.75. The molecule has 0 amide bonds. The average molecular weight is 200 g/mol. The highest BCUT2D eigenvalue weighted by Gasteiger charge is 2.27.